The van der Waals surface area contributed by atoms with Crippen molar-refractivity contribution in [2.45, 2.75) is 39.3 Å². The van der Waals surface area contributed by atoms with Crippen LogP contribution in [0.1, 0.15) is 42.6 Å². The van der Waals surface area contributed by atoms with Crippen molar-refractivity contribution in [2.75, 3.05) is 6.61 Å². The Bertz CT molecular complexity index is 647. The minimum absolute atomic E-state index is 0.123. The first-order valence-corrected chi connectivity index (χ1v) is 8.15. The third kappa shape index (κ3) is 5.22. The Hall–Kier alpha value is -2.63. The van der Waals surface area contributed by atoms with Gasteiger partial charge in [-0.1, -0.05) is 26.0 Å². The Kier molecular flexibility index (Phi) is 6.54. The second-order valence-corrected chi connectivity index (χ2v) is 5.56. The van der Waals surface area contributed by atoms with Gasteiger partial charge < -0.3 is 10.1 Å². The molecule has 1 N–H and O–H groups in total. The van der Waals surface area contributed by atoms with Crippen LogP contribution in [-0.2, 0) is 16.1 Å². The van der Waals surface area contributed by atoms with Crippen LogP contribution in [0, 0.1) is 0 Å². The summed E-state index contributed by atoms with van der Waals surface area (Å²) < 4.78 is 6.86. The van der Waals surface area contributed by atoms with Gasteiger partial charge in [0.05, 0.1) is 12.1 Å². The highest BCUT2D eigenvalue weighted by molar-refractivity contribution is 5.91. The molecule has 0 atom stereocenters. The van der Waals surface area contributed by atoms with Gasteiger partial charge in [0.2, 0.25) is 0 Å². The van der Waals surface area contributed by atoms with Gasteiger partial charge in [0, 0.05) is 18.4 Å². The molecule has 0 aliphatic carbocycles. The summed E-state index contributed by atoms with van der Waals surface area (Å²) in [6.07, 6.45) is 5.31. The zero-order chi connectivity index (χ0) is 17.4. The lowest BCUT2D eigenvalue weighted by atomic mass is 10.1. The topological polar surface area (TPSA) is 73.2 Å². The number of amides is 1. The van der Waals surface area contributed by atoms with E-state index in [4.69, 9.17) is 4.74 Å². The average molecular weight is 329 g/mol. The van der Waals surface area contributed by atoms with E-state index >= 15 is 0 Å². The molecule has 0 fully saturated rings. The monoisotopic (exact) mass is 329 g/mol. The van der Waals surface area contributed by atoms with Gasteiger partial charge in [-0.3, -0.25) is 9.48 Å². The smallest absolute Gasteiger partial charge is 0.338 e. The van der Waals surface area contributed by atoms with Gasteiger partial charge >= 0.3 is 5.97 Å². The van der Waals surface area contributed by atoms with Crippen molar-refractivity contribution in [3.8, 4) is 0 Å². The van der Waals surface area contributed by atoms with Crippen LogP contribution in [-0.4, -0.2) is 34.3 Å². The van der Waals surface area contributed by atoms with Crippen LogP contribution in [0.25, 0.3) is 0 Å². The molecule has 6 heteroatoms. The second-order valence-electron chi connectivity index (χ2n) is 5.56. The van der Waals surface area contributed by atoms with Crippen LogP contribution in [0.3, 0.4) is 0 Å². The van der Waals surface area contributed by atoms with Crippen molar-refractivity contribution in [1.29, 1.82) is 0 Å². The predicted molar refractivity (Wildman–Crippen MR) is 90.6 cm³/mol. The van der Waals surface area contributed by atoms with E-state index in [1.807, 2.05) is 38.2 Å². The minimum Gasteiger partial charge on any atom is -0.452 e. The summed E-state index contributed by atoms with van der Waals surface area (Å²) in [5, 5.41) is 6.97. The molecule has 128 valence electrons. The number of carbonyl (C=O) groups excluding carboxylic acids is 2. The summed E-state index contributed by atoms with van der Waals surface area (Å²) in [6, 6.07) is 9.07. The number of nitrogens with one attached hydrogen (secondary N) is 1. The van der Waals surface area contributed by atoms with Crippen LogP contribution in [0.2, 0.25) is 0 Å². The molecule has 2 aromatic rings. The number of carbonyl (C=O) groups is 2. The fourth-order valence-electron chi connectivity index (χ4n) is 2.30. The molecule has 1 heterocycles. The minimum atomic E-state index is -0.500. The standard InChI is InChI=1S/C18H23N3O3/c1-3-16(4-2)20-17(22)13-24-18(23)15-8-6-14(7-9-15)12-21-11-5-10-19-21/h5-11,16H,3-4,12-13H2,1-2H3,(H,20,22). The maximum absolute atomic E-state index is 12.0. The summed E-state index contributed by atoms with van der Waals surface area (Å²) in [4.78, 5) is 23.7. The van der Waals surface area contributed by atoms with Crippen molar-refractivity contribution in [3.63, 3.8) is 0 Å². The van der Waals surface area contributed by atoms with Gasteiger partial charge in [-0.05, 0) is 36.6 Å². The first kappa shape index (κ1) is 17.7. The molecule has 0 saturated heterocycles. The molecule has 1 aromatic carbocycles. The van der Waals surface area contributed by atoms with E-state index in [-0.39, 0.29) is 18.6 Å². The van der Waals surface area contributed by atoms with Crippen molar-refractivity contribution in [3.05, 3.63) is 53.9 Å². The first-order valence-electron chi connectivity index (χ1n) is 8.15. The SMILES string of the molecule is CCC(CC)NC(=O)COC(=O)c1ccc(Cn2cccn2)cc1. The van der Waals surface area contributed by atoms with E-state index in [0.717, 1.165) is 18.4 Å². The van der Waals surface area contributed by atoms with Crippen molar-refractivity contribution >= 4 is 11.9 Å². The number of hydrogen-bond donors (Lipinski definition) is 1. The normalized spacial score (nSPS) is 10.6. The zero-order valence-electron chi connectivity index (χ0n) is 14.1. The summed E-state index contributed by atoms with van der Waals surface area (Å²) in [5.41, 5.74) is 1.45. The molecule has 0 bridgehead atoms. The lowest BCUT2D eigenvalue weighted by molar-refractivity contribution is -0.125. The Morgan fingerprint density at radius 2 is 1.92 bits per heavy atom. The van der Waals surface area contributed by atoms with Crippen molar-refractivity contribution in [1.82, 2.24) is 15.1 Å². The maximum Gasteiger partial charge on any atom is 0.338 e. The Morgan fingerprint density at radius 1 is 1.21 bits per heavy atom. The lowest BCUT2D eigenvalue weighted by Crippen LogP contribution is -2.36. The molecule has 0 saturated carbocycles. The van der Waals surface area contributed by atoms with Gasteiger partial charge in [-0.15, -0.1) is 0 Å². The molecule has 0 aliphatic heterocycles. The van der Waals surface area contributed by atoms with Crippen molar-refractivity contribution in [2.24, 2.45) is 0 Å². The predicted octanol–water partition coefficient (Wildman–Crippen LogP) is 2.39. The van der Waals surface area contributed by atoms with E-state index in [1.165, 1.54) is 0 Å². The molecule has 2 rings (SSSR count). The van der Waals surface area contributed by atoms with Gasteiger partial charge in [0.15, 0.2) is 6.61 Å². The highest BCUT2D eigenvalue weighted by atomic mass is 16.5. The number of nitrogens with zero attached hydrogens (tertiary/aromatic N) is 2. The Morgan fingerprint density at radius 3 is 2.50 bits per heavy atom. The summed E-state index contributed by atoms with van der Waals surface area (Å²) >= 11 is 0. The Balaban J connectivity index is 1.83. The molecule has 0 aliphatic rings. The van der Waals surface area contributed by atoms with Crippen LogP contribution in [0.4, 0.5) is 0 Å². The number of hydrogen-bond acceptors (Lipinski definition) is 4. The number of esters is 1. The molecule has 1 aromatic heterocycles. The van der Waals surface area contributed by atoms with E-state index in [9.17, 15) is 9.59 Å². The van der Waals surface area contributed by atoms with Crippen LogP contribution in [0.15, 0.2) is 42.7 Å². The number of aromatic nitrogens is 2. The maximum atomic E-state index is 12.0. The lowest BCUT2D eigenvalue weighted by Gasteiger charge is -2.14. The molecule has 6 nitrogen and oxygen atoms in total. The van der Waals surface area contributed by atoms with Gasteiger partial charge in [0.1, 0.15) is 0 Å². The molecule has 0 unspecified atom stereocenters. The van der Waals surface area contributed by atoms with Crippen LogP contribution in [0.5, 0.6) is 0 Å². The van der Waals surface area contributed by atoms with Gasteiger partial charge in [0.25, 0.3) is 5.91 Å². The molecular formula is C18H23N3O3. The van der Waals surface area contributed by atoms with Gasteiger partial charge in [-0.25, -0.2) is 4.79 Å². The number of benzene rings is 1. The summed E-state index contributed by atoms with van der Waals surface area (Å²) in [7, 11) is 0. The summed E-state index contributed by atoms with van der Waals surface area (Å²) in [5.74, 6) is -0.771. The van der Waals surface area contributed by atoms with E-state index < -0.39 is 5.97 Å². The third-order valence-electron chi connectivity index (χ3n) is 3.78. The second kappa shape index (κ2) is 8.86. The molecular weight excluding hydrogens is 306 g/mol. The van der Waals surface area contributed by atoms with E-state index in [2.05, 4.69) is 10.4 Å². The molecule has 0 spiro atoms. The third-order valence-corrected chi connectivity index (χ3v) is 3.78. The zero-order valence-corrected chi connectivity index (χ0v) is 14.1. The van der Waals surface area contributed by atoms with Crippen LogP contribution >= 0.6 is 0 Å². The molecule has 24 heavy (non-hydrogen) atoms. The molecule has 1 amide bonds. The van der Waals surface area contributed by atoms with Crippen molar-refractivity contribution < 1.29 is 14.3 Å². The van der Waals surface area contributed by atoms with Gasteiger partial charge in [-0.2, -0.15) is 5.10 Å². The van der Waals surface area contributed by atoms with Crippen LogP contribution < -0.4 is 5.32 Å². The summed E-state index contributed by atoms with van der Waals surface area (Å²) in [6.45, 7) is 4.39. The van der Waals surface area contributed by atoms with E-state index in [1.54, 1.807) is 23.0 Å². The number of rotatable bonds is 8. The highest BCUT2D eigenvalue weighted by Gasteiger charge is 2.12. The number of ether oxygens (including phenoxy) is 1. The average Bonchev–Trinajstić information content (AvgIpc) is 3.11. The quantitative estimate of drug-likeness (QED) is 0.755. The highest BCUT2D eigenvalue weighted by Crippen LogP contribution is 2.07. The van der Waals surface area contributed by atoms with E-state index in [0.29, 0.717) is 12.1 Å². The fraction of sp³-hybridized carbons (Fsp3) is 0.389. The fourth-order valence-corrected chi connectivity index (χ4v) is 2.30. The first-order chi connectivity index (χ1) is 11.6. The Labute approximate surface area is 141 Å². The molecule has 0 radical (unpaired) electrons. The largest absolute Gasteiger partial charge is 0.452 e.